The van der Waals surface area contributed by atoms with Crippen molar-refractivity contribution in [2.75, 3.05) is 6.61 Å². The molecular formula is C5H8O3. The molecule has 3 nitrogen and oxygen atoms in total. The number of hydrogen-bond acceptors (Lipinski definition) is 3. The standard InChI is InChI=1S/C5H8O3/c1-3-4(6)2-8-5(3)7/h3-4,6H,2H2,1H3. The van der Waals surface area contributed by atoms with Gasteiger partial charge < -0.3 is 9.84 Å². The van der Waals surface area contributed by atoms with E-state index in [0.717, 1.165) is 0 Å². The van der Waals surface area contributed by atoms with Gasteiger partial charge in [0, 0.05) is 0 Å². The summed E-state index contributed by atoms with van der Waals surface area (Å²) in [4.78, 5) is 10.4. The van der Waals surface area contributed by atoms with E-state index in [2.05, 4.69) is 4.74 Å². The summed E-state index contributed by atoms with van der Waals surface area (Å²) >= 11 is 0. The van der Waals surface area contributed by atoms with E-state index < -0.39 is 6.10 Å². The third-order valence-electron chi connectivity index (χ3n) is 1.35. The molecule has 1 rings (SSSR count). The molecule has 1 fully saturated rings. The van der Waals surface area contributed by atoms with Crippen molar-refractivity contribution in [2.24, 2.45) is 5.92 Å². The molecule has 0 bridgehead atoms. The fraction of sp³-hybridized carbons (Fsp3) is 0.800. The fourth-order valence-electron chi connectivity index (χ4n) is 0.600. The third kappa shape index (κ3) is 0.690. The van der Waals surface area contributed by atoms with E-state index in [1.165, 1.54) is 0 Å². The summed E-state index contributed by atoms with van der Waals surface area (Å²) in [7, 11) is 0. The van der Waals surface area contributed by atoms with Crippen LogP contribution in [0.3, 0.4) is 0 Å². The smallest absolute Gasteiger partial charge is 0.311 e. The van der Waals surface area contributed by atoms with E-state index in [1.54, 1.807) is 6.92 Å². The van der Waals surface area contributed by atoms with Crippen LogP contribution in [0, 0.1) is 5.92 Å². The molecule has 3 heteroatoms. The maximum Gasteiger partial charge on any atom is 0.311 e. The van der Waals surface area contributed by atoms with Crippen molar-refractivity contribution >= 4 is 5.97 Å². The van der Waals surface area contributed by atoms with E-state index in [9.17, 15) is 4.79 Å². The van der Waals surface area contributed by atoms with Crippen LogP contribution in [0.25, 0.3) is 0 Å². The highest BCUT2D eigenvalue weighted by atomic mass is 16.6. The fourth-order valence-corrected chi connectivity index (χ4v) is 0.600. The molecule has 0 spiro atoms. The molecule has 2 unspecified atom stereocenters. The highest BCUT2D eigenvalue weighted by Crippen LogP contribution is 2.12. The monoisotopic (exact) mass is 116 g/mol. The molecule has 1 aliphatic rings. The first-order chi connectivity index (χ1) is 3.72. The van der Waals surface area contributed by atoms with Gasteiger partial charge in [0.05, 0.1) is 5.92 Å². The Labute approximate surface area is 47.3 Å². The Hall–Kier alpha value is -0.570. The second-order valence-corrected chi connectivity index (χ2v) is 1.99. The zero-order valence-electron chi connectivity index (χ0n) is 4.63. The minimum atomic E-state index is -0.581. The van der Waals surface area contributed by atoms with Crippen molar-refractivity contribution in [1.29, 1.82) is 0 Å². The van der Waals surface area contributed by atoms with E-state index in [0.29, 0.717) is 0 Å². The van der Waals surface area contributed by atoms with Gasteiger partial charge in [-0.2, -0.15) is 0 Å². The van der Waals surface area contributed by atoms with Gasteiger partial charge in [0.1, 0.15) is 12.7 Å². The van der Waals surface area contributed by atoms with Crippen LogP contribution in [0.15, 0.2) is 0 Å². The van der Waals surface area contributed by atoms with Crippen LogP contribution in [0.1, 0.15) is 6.92 Å². The lowest BCUT2D eigenvalue weighted by Crippen LogP contribution is -2.16. The first-order valence-electron chi connectivity index (χ1n) is 2.56. The van der Waals surface area contributed by atoms with Gasteiger partial charge in [-0.25, -0.2) is 0 Å². The Bertz CT molecular complexity index is 110. The maximum absolute atomic E-state index is 10.4. The molecule has 0 aromatic rings. The molecule has 1 heterocycles. The Balaban J connectivity index is 2.56. The molecule has 8 heavy (non-hydrogen) atoms. The molecular weight excluding hydrogens is 108 g/mol. The predicted molar refractivity (Wildman–Crippen MR) is 26.1 cm³/mol. The lowest BCUT2D eigenvalue weighted by Gasteiger charge is -1.97. The van der Waals surface area contributed by atoms with Gasteiger partial charge in [-0.1, -0.05) is 0 Å². The Morgan fingerprint density at radius 1 is 1.88 bits per heavy atom. The van der Waals surface area contributed by atoms with Gasteiger partial charge in [-0.15, -0.1) is 0 Å². The summed E-state index contributed by atoms with van der Waals surface area (Å²) < 4.78 is 4.49. The number of carbonyl (C=O) groups excluding carboxylic acids is 1. The van der Waals surface area contributed by atoms with Crippen molar-refractivity contribution in [3.8, 4) is 0 Å². The molecule has 0 radical (unpaired) electrons. The number of aliphatic hydroxyl groups excluding tert-OH is 1. The lowest BCUT2D eigenvalue weighted by atomic mass is 10.1. The minimum absolute atomic E-state index is 0.167. The number of cyclic esters (lactones) is 1. The number of hydrogen-bond donors (Lipinski definition) is 1. The molecule has 1 saturated heterocycles. The van der Waals surface area contributed by atoms with E-state index in [4.69, 9.17) is 5.11 Å². The zero-order chi connectivity index (χ0) is 6.15. The van der Waals surface area contributed by atoms with Crippen LogP contribution in [-0.2, 0) is 9.53 Å². The van der Waals surface area contributed by atoms with Crippen molar-refractivity contribution in [3.05, 3.63) is 0 Å². The summed E-state index contributed by atoms with van der Waals surface area (Å²) in [5, 5.41) is 8.82. The normalized spacial score (nSPS) is 37.5. The summed E-state index contributed by atoms with van der Waals surface area (Å²) in [5.74, 6) is -0.618. The average Bonchev–Trinajstić information content (AvgIpc) is 1.98. The third-order valence-corrected chi connectivity index (χ3v) is 1.35. The predicted octanol–water partition coefficient (Wildman–Crippen LogP) is -0.460. The van der Waals surface area contributed by atoms with Crippen molar-refractivity contribution in [3.63, 3.8) is 0 Å². The van der Waals surface area contributed by atoms with Gasteiger partial charge in [-0.3, -0.25) is 4.79 Å². The number of esters is 1. The molecule has 2 atom stereocenters. The van der Waals surface area contributed by atoms with Crippen LogP contribution < -0.4 is 0 Å². The maximum atomic E-state index is 10.4. The van der Waals surface area contributed by atoms with E-state index in [1.807, 2.05) is 0 Å². The van der Waals surface area contributed by atoms with E-state index in [-0.39, 0.29) is 18.5 Å². The molecule has 0 saturated carbocycles. The van der Waals surface area contributed by atoms with E-state index >= 15 is 0 Å². The summed E-state index contributed by atoms with van der Waals surface area (Å²) in [6, 6.07) is 0. The average molecular weight is 116 g/mol. The highest BCUT2D eigenvalue weighted by Gasteiger charge is 2.30. The first-order valence-corrected chi connectivity index (χ1v) is 2.56. The van der Waals surface area contributed by atoms with Crippen molar-refractivity contribution in [1.82, 2.24) is 0 Å². The van der Waals surface area contributed by atoms with Crippen LogP contribution in [-0.4, -0.2) is 23.8 Å². The van der Waals surface area contributed by atoms with Gasteiger partial charge >= 0.3 is 5.97 Å². The molecule has 1 N–H and O–H groups in total. The summed E-state index contributed by atoms with van der Waals surface area (Å²) in [6.07, 6.45) is -0.581. The Morgan fingerprint density at radius 2 is 2.50 bits per heavy atom. The van der Waals surface area contributed by atoms with Crippen LogP contribution in [0.5, 0.6) is 0 Å². The topological polar surface area (TPSA) is 46.5 Å². The number of aliphatic hydroxyl groups is 1. The summed E-state index contributed by atoms with van der Waals surface area (Å²) in [6.45, 7) is 1.82. The molecule has 0 amide bonds. The zero-order valence-corrected chi connectivity index (χ0v) is 4.63. The largest absolute Gasteiger partial charge is 0.463 e. The van der Waals surface area contributed by atoms with Crippen LogP contribution in [0.4, 0.5) is 0 Å². The second-order valence-electron chi connectivity index (χ2n) is 1.99. The molecule has 0 aromatic heterocycles. The SMILES string of the molecule is CC1C(=O)OCC1O. The van der Waals surface area contributed by atoms with Gasteiger partial charge in [0.15, 0.2) is 0 Å². The number of ether oxygens (including phenoxy) is 1. The van der Waals surface area contributed by atoms with Crippen molar-refractivity contribution < 1.29 is 14.6 Å². The first kappa shape index (κ1) is 5.56. The molecule has 0 aromatic carbocycles. The van der Waals surface area contributed by atoms with Crippen molar-refractivity contribution in [2.45, 2.75) is 13.0 Å². The molecule has 1 aliphatic heterocycles. The molecule has 0 aliphatic carbocycles. The Kier molecular flexibility index (Phi) is 1.21. The quantitative estimate of drug-likeness (QED) is 0.435. The van der Waals surface area contributed by atoms with Crippen LogP contribution >= 0.6 is 0 Å². The minimum Gasteiger partial charge on any atom is -0.463 e. The lowest BCUT2D eigenvalue weighted by molar-refractivity contribution is -0.140. The number of carbonyl (C=O) groups is 1. The summed E-state index contributed by atoms with van der Waals surface area (Å²) in [5.41, 5.74) is 0. The van der Waals surface area contributed by atoms with Gasteiger partial charge in [-0.05, 0) is 6.92 Å². The van der Waals surface area contributed by atoms with Crippen LogP contribution in [0.2, 0.25) is 0 Å². The van der Waals surface area contributed by atoms with Gasteiger partial charge in [0.2, 0.25) is 0 Å². The highest BCUT2D eigenvalue weighted by molar-refractivity contribution is 5.74. The van der Waals surface area contributed by atoms with Gasteiger partial charge in [0.25, 0.3) is 0 Å². The molecule has 46 valence electrons. The number of rotatable bonds is 0. The Morgan fingerprint density at radius 3 is 2.62 bits per heavy atom. The second kappa shape index (κ2) is 1.74.